The average molecular weight is 433 g/mol. The number of rotatable bonds is 6. The number of aromatic amines is 1. The zero-order valence-corrected chi connectivity index (χ0v) is 18.1. The van der Waals surface area contributed by atoms with Crippen LogP contribution < -0.4 is 5.76 Å². The maximum atomic E-state index is 11.4. The Hall–Kier alpha value is -1.75. The Bertz CT molecular complexity index is 1030. The molecule has 4 nitrogen and oxygen atoms in total. The predicted octanol–water partition coefficient (Wildman–Crippen LogP) is 6.02. The van der Waals surface area contributed by atoms with Gasteiger partial charge in [-0.3, -0.25) is 4.98 Å². The van der Waals surface area contributed by atoms with E-state index in [0.29, 0.717) is 22.6 Å². The molecule has 0 saturated heterocycles. The second kappa shape index (κ2) is 8.95. The van der Waals surface area contributed by atoms with Gasteiger partial charge in [0.05, 0.1) is 5.52 Å². The van der Waals surface area contributed by atoms with E-state index in [0.717, 1.165) is 42.8 Å². The summed E-state index contributed by atoms with van der Waals surface area (Å²) in [4.78, 5) is 16.6. The number of fused-ring (bicyclic) bond motifs is 1. The van der Waals surface area contributed by atoms with Crippen molar-refractivity contribution < 1.29 is 4.42 Å². The summed E-state index contributed by atoms with van der Waals surface area (Å²) in [5.74, 6) is 0.152. The number of aromatic nitrogens is 1. The Labute approximate surface area is 180 Å². The molecule has 29 heavy (non-hydrogen) atoms. The van der Waals surface area contributed by atoms with E-state index in [1.54, 1.807) is 0 Å². The van der Waals surface area contributed by atoms with Crippen molar-refractivity contribution in [2.45, 2.75) is 50.5 Å². The Kier molecular flexibility index (Phi) is 6.33. The molecule has 1 fully saturated rings. The highest BCUT2D eigenvalue weighted by Crippen LogP contribution is 2.35. The van der Waals surface area contributed by atoms with Gasteiger partial charge in [0.1, 0.15) is 0 Å². The van der Waals surface area contributed by atoms with Crippen LogP contribution in [0.25, 0.3) is 11.1 Å². The largest absolute Gasteiger partial charge is 0.417 e. The topological polar surface area (TPSA) is 49.2 Å². The van der Waals surface area contributed by atoms with Crippen LogP contribution in [0, 0.1) is 0 Å². The van der Waals surface area contributed by atoms with Crippen LogP contribution >= 0.6 is 23.2 Å². The van der Waals surface area contributed by atoms with Crippen molar-refractivity contribution in [3.8, 4) is 0 Å². The number of nitrogens with one attached hydrogen (secondary N) is 1. The van der Waals surface area contributed by atoms with Crippen molar-refractivity contribution in [3.63, 3.8) is 0 Å². The second-order valence-electron chi connectivity index (χ2n) is 8.10. The summed E-state index contributed by atoms with van der Waals surface area (Å²) in [7, 11) is 2.23. The minimum Gasteiger partial charge on any atom is -0.408 e. The van der Waals surface area contributed by atoms with Crippen LogP contribution in [0.2, 0.25) is 10.0 Å². The van der Waals surface area contributed by atoms with E-state index in [9.17, 15) is 4.79 Å². The average Bonchev–Trinajstić information content (AvgIpc) is 3.09. The lowest BCUT2D eigenvalue weighted by Gasteiger charge is -2.35. The highest BCUT2D eigenvalue weighted by atomic mass is 35.5. The van der Waals surface area contributed by atoms with E-state index in [1.165, 1.54) is 24.0 Å². The van der Waals surface area contributed by atoms with Crippen molar-refractivity contribution in [3.05, 3.63) is 68.1 Å². The van der Waals surface area contributed by atoms with Gasteiger partial charge in [0.15, 0.2) is 5.58 Å². The highest BCUT2D eigenvalue weighted by molar-refractivity contribution is 6.35. The molecule has 6 heteroatoms. The molecule has 1 aliphatic rings. The maximum absolute atomic E-state index is 11.4. The molecule has 0 amide bonds. The highest BCUT2D eigenvalue weighted by Gasteiger charge is 2.25. The first-order chi connectivity index (χ1) is 14.0. The molecule has 0 radical (unpaired) electrons. The normalized spacial score (nSPS) is 19.9. The molecular weight excluding hydrogens is 407 g/mol. The predicted molar refractivity (Wildman–Crippen MR) is 119 cm³/mol. The van der Waals surface area contributed by atoms with Gasteiger partial charge in [0.2, 0.25) is 0 Å². The van der Waals surface area contributed by atoms with Gasteiger partial charge in [-0.2, -0.15) is 0 Å². The van der Waals surface area contributed by atoms with Crippen LogP contribution in [0.15, 0.2) is 45.6 Å². The summed E-state index contributed by atoms with van der Waals surface area (Å²) in [6, 6.07) is 12.5. The molecule has 2 aromatic carbocycles. The number of nitrogens with zero attached hydrogens (tertiary/aromatic N) is 1. The molecule has 1 aliphatic carbocycles. The van der Waals surface area contributed by atoms with E-state index in [1.807, 2.05) is 30.3 Å². The van der Waals surface area contributed by atoms with Crippen molar-refractivity contribution in [2.75, 3.05) is 13.6 Å². The van der Waals surface area contributed by atoms with E-state index < -0.39 is 0 Å². The molecule has 1 aromatic heterocycles. The molecular formula is C23H26Cl2N2O2. The summed E-state index contributed by atoms with van der Waals surface area (Å²) in [6.45, 7) is 1.06. The van der Waals surface area contributed by atoms with Crippen molar-refractivity contribution in [1.29, 1.82) is 0 Å². The van der Waals surface area contributed by atoms with Gasteiger partial charge in [0.25, 0.3) is 0 Å². The third-order valence-corrected chi connectivity index (χ3v) is 6.80. The summed E-state index contributed by atoms with van der Waals surface area (Å²) >= 11 is 12.3. The monoisotopic (exact) mass is 432 g/mol. The summed E-state index contributed by atoms with van der Waals surface area (Å²) in [5.41, 5.74) is 3.87. The first-order valence-electron chi connectivity index (χ1n) is 10.3. The molecule has 1 heterocycles. The van der Waals surface area contributed by atoms with Gasteiger partial charge in [0, 0.05) is 16.1 Å². The molecule has 154 valence electrons. The number of halogens is 2. The summed E-state index contributed by atoms with van der Waals surface area (Å²) < 4.78 is 5.22. The van der Waals surface area contributed by atoms with Gasteiger partial charge in [-0.25, -0.2) is 4.79 Å². The smallest absolute Gasteiger partial charge is 0.408 e. The molecule has 0 atom stereocenters. The lowest BCUT2D eigenvalue weighted by atomic mass is 9.81. The zero-order chi connectivity index (χ0) is 20.4. The minimum absolute atomic E-state index is 0.387. The Balaban J connectivity index is 1.27. The van der Waals surface area contributed by atoms with Crippen molar-refractivity contribution in [1.82, 2.24) is 9.88 Å². The number of aryl methyl sites for hydroxylation is 1. The number of hydrogen-bond acceptors (Lipinski definition) is 3. The Morgan fingerprint density at radius 3 is 2.66 bits per heavy atom. The second-order valence-corrected chi connectivity index (χ2v) is 8.94. The van der Waals surface area contributed by atoms with Gasteiger partial charge >= 0.3 is 5.76 Å². The molecule has 0 aliphatic heterocycles. The zero-order valence-electron chi connectivity index (χ0n) is 16.6. The van der Waals surface area contributed by atoms with E-state index in [2.05, 4.69) is 23.0 Å². The van der Waals surface area contributed by atoms with Crippen LogP contribution in [0.5, 0.6) is 0 Å². The van der Waals surface area contributed by atoms with Gasteiger partial charge < -0.3 is 9.32 Å². The van der Waals surface area contributed by atoms with Crippen LogP contribution in [-0.2, 0) is 6.42 Å². The lowest BCUT2D eigenvalue weighted by molar-refractivity contribution is 0.181. The standard InChI is InChI=1S/C23H26Cl2N2O2/c1-27(12-2-3-16-4-8-18(24)14-20(16)25)19-9-5-15(6-10-19)17-7-11-21-22(13-17)29-23(28)26-21/h4,7-8,11,13-15,19H,2-3,5-6,9-10,12H2,1H3,(H,26,28). The molecule has 0 unspecified atom stereocenters. The molecule has 1 saturated carbocycles. The minimum atomic E-state index is -0.387. The number of hydrogen-bond donors (Lipinski definition) is 1. The van der Waals surface area contributed by atoms with Crippen LogP contribution in [0.1, 0.15) is 49.1 Å². The summed E-state index contributed by atoms with van der Waals surface area (Å²) in [6.07, 6.45) is 6.77. The van der Waals surface area contributed by atoms with E-state index >= 15 is 0 Å². The van der Waals surface area contributed by atoms with Gasteiger partial charge in [-0.1, -0.05) is 35.3 Å². The first kappa shape index (κ1) is 20.5. The van der Waals surface area contributed by atoms with Crippen LogP contribution in [0.4, 0.5) is 0 Å². The Morgan fingerprint density at radius 2 is 1.90 bits per heavy atom. The first-order valence-corrected chi connectivity index (χ1v) is 11.0. The van der Waals surface area contributed by atoms with E-state index in [-0.39, 0.29) is 5.76 Å². The van der Waals surface area contributed by atoms with Crippen molar-refractivity contribution in [2.24, 2.45) is 0 Å². The maximum Gasteiger partial charge on any atom is 0.417 e. The molecule has 4 rings (SSSR count). The fourth-order valence-corrected chi connectivity index (χ4v) is 4.99. The molecule has 0 bridgehead atoms. The van der Waals surface area contributed by atoms with Gasteiger partial charge in [-0.15, -0.1) is 0 Å². The summed E-state index contributed by atoms with van der Waals surface area (Å²) in [5, 5.41) is 1.45. The fraction of sp³-hybridized carbons (Fsp3) is 0.435. The Morgan fingerprint density at radius 1 is 1.10 bits per heavy atom. The van der Waals surface area contributed by atoms with E-state index in [4.69, 9.17) is 27.6 Å². The third-order valence-electron chi connectivity index (χ3n) is 6.21. The number of oxazole rings is 1. The van der Waals surface area contributed by atoms with Crippen LogP contribution in [0.3, 0.4) is 0 Å². The molecule has 0 spiro atoms. The molecule has 1 N–H and O–H groups in total. The fourth-order valence-electron chi connectivity index (χ4n) is 4.49. The number of benzene rings is 2. The third kappa shape index (κ3) is 4.88. The number of H-pyrrole nitrogens is 1. The lowest BCUT2D eigenvalue weighted by Crippen LogP contribution is -2.35. The van der Waals surface area contributed by atoms with Gasteiger partial charge in [-0.05, 0) is 93.4 Å². The molecule has 3 aromatic rings. The van der Waals surface area contributed by atoms with Crippen LogP contribution in [-0.4, -0.2) is 29.5 Å². The van der Waals surface area contributed by atoms with Crippen molar-refractivity contribution >= 4 is 34.3 Å². The SMILES string of the molecule is CN(CCCc1ccc(Cl)cc1Cl)C1CCC(c2ccc3[nH]c(=O)oc3c2)CC1. The quantitative estimate of drug-likeness (QED) is 0.517.